The molecule has 0 bridgehead atoms. The lowest BCUT2D eigenvalue weighted by Gasteiger charge is -2.24. The number of allylic oxidation sites excluding steroid dienone is 2. The summed E-state index contributed by atoms with van der Waals surface area (Å²) in [5.41, 5.74) is 0. The zero-order chi connectivity index (χ0) is 33.5. The molecule has 8 nitrogen and oxygen atoms in total. The minimum absolute atomic E-state index is 0.0899. The number of nitrogens with zero attached hydrogens (tertiary/aromatic N) is 1. The minimum atomic E-state index is -4.25. The van der Waals surface area contributed by atoms with Crippen molar-refractivity contribution in [2.75, 3.05) is 54.1 Å². The molecule has 0 aromatic carbocycles. The molecule has 0 rings (SSSR count). The van der Waals surface area contributed by atoms with Crippen molar-refractivity contribution < 1.29 is 37.3 Å². The molecule has 0 saturated heterocycles. The Hall–Kier alpha value is -0.760. The lowest BCUT2D eigenvalue weighted by Crippen LogP contribution is -2.37. The number of quaternary nitrogens is 1. The van der Waals surface area contributed by atoms with Gasteiger partial charge in [-0.1, -0.05) is 122 Å². The van der Waals surface area contributed by atoms with Gasteiger partial charge in [0.15, 0.2) is 0 Å². The van der Waals surface area contributed by atoms with E-state index in [1.807, 2.05) is 21.1 Å². The van der Waals surface area contributed by atoms with Crippen LogP contribution in [0.1, 0.15) is 155 Å². The lowest BCUT2D eigenvalue weighted by atomic mass is 10.1. The molecule has 0 spiro atoms. The first kappa shape index (κ1) is 44.2. The number of hydrogen-bond donors (Lipinski definition) is 1. The molecule has 0 aromatic heterocycles. The van der Waals surface area contributed by atoms with Gasteiger partial charge in [0.2, 0.25) is 0 Å². The number of unbranched alkanes of at least 4 members (excludes halogenated alkanes) is 18. The number of likely N-dealkylation sites (N-methyl/N-ethyl adjacent to an activating group) is 1. The summed E-state index contributed by atoms with van der Waals surface area (Å²) in [6.07, 6.45) is 29.6. The molecule has 45 heavy (non-hydrogen) atoms. The molecular weight excluding hydrogens is 589 g/mol. The second kappa shape index (κ2) is 30.6. The van der Waals surface area contributed by atoms with Crippen LogP contribution in [0.3, 0.4) is 0 Å². The number of phosphoric acid groups is 1. The molecule has 268 valence electrons. The summed E-state index contributed by atoms with van der Waals surface area (Å²) < 4.78 is 34.6. The second-order valence-corrected chi connectivity index (χ2v) is 15.1. The van der Waals surface area contributed by atoms with Crippen LogP contribution in [-0.4, -0.2) is 75.6 Å². The van der Waals surface area contributed by atoms with Gasteiger partial charge >= 0.3 is 13.8 Å². The van der Waals surface area contributed by atoms with E-state index in [4.69, 9.17) is 18.5 Å². The number of rotatable bonds is 34. The molecule has 0 radical (unpaired) electrons. The van der Waals surface area contributed by atoms with E-state index in [1.165, 1.54) is 103 Å². The molecule has 0 saturated carbocycles. The van der Waals surface area contributed by atoms with Crippen molar-refractivity contribution in [2.45, 2.75) is 161 Å². The molecule has 1 N–H and O–H groups in total. The van der Waals surface area contributed by atoms with Crippen molar-refractivity contribution in [3.8, 4) is 0 Å². The van der Waals surface area contributed by atoms with Gasteiger partial charge in [0.05, 0.1) is 34.4 Å². The van der Waals surface area contributed by atoms with Gasteiger partial charge in [-0.3, -0.25) is 13.8 Å². The lowest BCUT2D eigenvalue weighted by molar-refractivity contribution is -0.870. The van der Waals surface area contributed by atoms with Gasteiger partial charge in [-0.05, 0) is 38.5 Å². The van der Waals surface area contributed by atoms with E-state index >= 15 is 0 Å². The molecule has 9 heteroatoms. The summed E-state index contributed by atoms with van der Waals surface area (Å²) in [6.45, 7) is 5.57. The largest absolute Gasteiger partial charge is 0.472 e. The fraction of sp³-hybridized carbons (Fsp3) is 0.917. The maximum atomic E-state index is 12.6. The Bertz CT molecular complexity index is 741. The molecule has 2 atom stereocenters. The fourth-order valence-electron chi connectivity index (χ4n) is 4.90. The first-order valence-corrected chi connectivity index (χ1v) is 19.9. The van der Waals surface area contributed by atoms with Gasteiger partial charge in [-0.15, -0.1) is 0 Å². The van der Waals surface area contributed by atoms with E-state index in [0.717, 1.165) is 32.1 Å². The normalized spacial score (nSPS) is 14.2. The Kier molecular flexibility index (Phi) is 30.0. The quantitative estimate of drug-likeness (QED) is 0.0241. The highest BCUT2D eigenvalue weighted by molar-refractivity contribution is 7.47. The first-order valence-electron chi connectivity index (χ1n) is 18.4. The van der Waals surface area contributed by atoms with Crippen molar-refractivity contribution in [1.29, 1.82) is 0 Å². The van der Waals surface area contributed by atoms with Crippen LogP contribution in [0.15, 0.2) is 12.2 Å². The Balaban J connectivity index is 4.18. The topological polar surface area (TPSA) is 91.3 Å². The fourth-order valence-corrected chi connectivity index (χ4v) is 5.64. The molecule has 0 amide bonds. The zero-order valence-corrected chi connectivity index (χ0v) is 31.0. The van der Waals surface area contributed by atoms with Crippen molar-refractivity contribution in [1.82, 2.24) is 0 Å². The molecule has 0 heterocycles. The summed E-state index contributed by atoms with van der Waals surface area (Å²) in [5, 5.41) is 0. The number of carbonyl (C=O) groups is 1. The van der Waals surface area contributed by atoms with Gasteiger partial charge in [0.1, 0.15) is 19.3 Å². The molecule has 2 unspecified atom stereocenters. The Morgan fingerprint density at radius 3 is 1.69 bits per heavy atom. The van der Waals surface area contributed by atoms with E-state index in [-0.39, 0.29) is 25.8 Å². The highest BCUT2D eigenvalue weighted by Crippen LogP contribution is 2.43. The third kappa shape index (κ3) is 34.4. The Morgan fingerprint density at radius 2 is 1.16 bits per heavy atom. The summed E-state index contributed by atoms with van der Waals surface area (Å²) in [7, 11) is 1.67. The van der Waals surface area contributed by atoms with Crippen LogP contribution in [0, 0.1) is 0 Å². The maximum Gasteiger partial charge on any atom is 0.472 e. The number of esters is 1. The summed E-state index contributed by atoms with van der Waals surface area (Å²) in [6, 6.07) is 0. The van der Waals surface area contributed by atoms with Crippen LogP contribution in [0.2, 0.25) is 0 Å². The number of ether oxygens (including phenoxy) is 2. The Morgan fingerprint density at radius 1 is 0.667 bits per heavy atom. The monoisotopic (exact) mass is 663 g/mol. The number of phosphoric ester groups is 1. The second-order valence-electron chi connectivity index (χ2n) is 13.6. The van der Waals surface area contributed by atoms with Crippen LogP contribution in [0.4, 0.5) is 0 Å². The SMILES string of the molecule is CCCCCCCC/C=C\CCCCCCCCCC(=O)OC(COCCCCCCCC)COP(=O)(O)OCC[N+](C)(C)C. The predicted molar refractivity (Wildman–Crippen MR) is 187 cm³/mol. The van der Waals surface area contributed by atoms with Crippen LogP contribution in [0.5, 0.6) is 0 Å². The maximum absolute atomic E-state index is 12.6. The smallest absolute Gasteiger partial charge is 0.457 e. The Labute approximate surface area is 278 Å². The van der Waals surface area contributed by atoms with E-state index in [1.54, 1.807) is 0 Å². The van der Waals surface area contributed by atoms with E-state index < -0.39 is 13.9 Å². The highest BCUT2D eigenvalue weighted by Gasteiger charge is 2.26. The van der Waals surface area contributed by atoms with E-state index in [9.17, 15) is 14.3 Å². The highest BCUT2D eigenvalue weighted by atomic mass is 31.2. The number of carbonyl (C=O) groups excluding carboxylic acids is 1. The average molecular weight is 663 g/mol. The standard InChI is InChI=1S/C36H72NO7P/c1-6-8-10-12-14-15-16-17-18-19-20-21-22-23-24-25-27-29-36(38)44-35(33-41-31-28-26-13-11-9-7-2)34-43-45(39,40)42-32-30-37(3,4)5/h17-18,35H,6-16,19-34H2,1-5H3/p+1/b18-17-. The van der Waals surface area contributed by atoms with Crippen molar-refractivity contribution >= 4 is 13.8 Å². The average Bonchev–Trinajstić information content (AvgIpc) is 2.98. The third-order valence-electron chi connectivity index (χ3n) is 7.83. The first-order chi connectivity index (χ1) is 21.6. The van der Waals surface area contributed by atoms with Gasteiger partial charge in [-0.25, -0.2) is 4.57 Å². The van der Waals surface area contributed by atoms with Crippen molar-refractivity contribution in [2.24, 2.45) is 0 Å². The van der Waals surface area contributed by atoms with Gasteiger partial charge < -0.3 is 18.9 Å². The van der Waals surface area contributed by atoms with Gasteiger partial charge in [-0.2, -0.15) is 0 Å². The van der Waals surface area contributed by atoms with Crippen LogP contribution < -0.4 is 0 Å². The van der Waals surface area contributed by atoms with Gasteiger partial charge in [0.25, 0.3) is 0 Å². The van der Waals surface area contributed by atoms with Crippen molar-refractivity contribution in [3.63, 3.8) is 0 Å². The van der Waals surface area contributed by atoms with Crippen LogP contribution >= 0.6 is 7.82 Å². The molecule has 0 aliphatic rings. The predicted octanol–water partition coefficient (Wildman–Crippen LogP) is 9.93. The minimum Gasteiger partial charge on any atom is -0.457 e. The zero-order valence-electron chi connectivity index (χ0n) is 30.1. The summed E-state index contributed by atoms with van der Waals surface area (Å²) >= 11 is 0. The van der Waals surface area contributed by atoms with Crippen LogP contribution in [0.25, 0.3) is 0 Å². The molecule has 0 aliphatic heterocycles. The molecule has 0 fully saturated rings. The molecule has 0 aliphatic carbocycles. The molecular formula is C36H73NO7P+. The summed E-state index contributed by atoms with van der Waals surface area (Å²) in [5.74, 6) is -0.321. The summed E-state index contributed by atoms with van der Waals surface area (Å²) in [4.78, 5) is 22.6. The number of hydrogen-bond acceptors (Lipinski definition) is 6. The van der Waals surface area contributed by atoms with Crippen LogP contribution in [-0.2, 0) is 27.9 Å². The third-order valence-corrected chi connectivity index (χ3v) is 8.81. The molecule has 0 aromatic rings. The van der Waals surface area contributed by atoms with Gasteiger partial charge in [0, 0.05) is 13.0 Å². The van der Waals surface area contributed by atoms with Crippen molar-refractivity contribution in [3.05, 3.63) is 12.2 Å². The van der Waals surface area contributed by atoms with E-state index in [2.05, 4.69) is 26.0 Å². The van der Waals surface area contributed by atoms with E-state index in [0.29, 0.717) is 24.1 Å².